The number of carbonyl (C=O) groups excluding carboxylic acids is 4. The summed E-state index contributed by atoms with van der Waals surface area (Å²) >= 11 is 1.01. The van der Waals surface area contributed by atoms with E-state index in [2.05, 4.69) is 0 Å². The van der Waals surface area contributed by atoms with Crippen LogP contribution in [0.3, 0.4) is 0 Å². The second kappa shape index (κ2) is 10.8. The van der Waals surface area contributed by atoms with E-state index < -0.39 is 43.4 Å². The first-order valence-electron chi connectivity index (χ1n) is 12.1. The van der Waals surface area contributed by atoms with Gasteiger partial charge in [0, 0.05) is 12.0 Å². The largest absolute Gasteiger partial charge is 0.497 e. The number of hydrogen-bond acceptors (Lipinski definition) is 8. The maximum atomic E-state index is 13.6. The molecule has 0 spiro atoms. The van der Waals surface area contributed by atoms with Gasteiger partial charge in [-0.15, -0.1) is 0 Å². The molecule has 4 rings (SSSR count). The van der Waals surface area contributed by atoms with Gasteiger partial charge in [-0.2, -0.15) is 0 Å². The van der Waals surface area contributed by atoms with Gasteiger partial charge in [-0.05, 0) is 68.9 Å². The highest BCUT2D eigenvalue weighted by molar-refractivity contribution is 7.96. The number of likely N-dealkylation sites (tertiary alicyclic amines) is 1. The highest BCUT2D eigenvalue weighted by Crippen LogP contribution is 2.42. The molecule has 3 amide bonds. The van der Waals surface area contributed by atoms with Gasteiger partial charge in [0.2, 0.25) is 8.32 Å². The average Bonchev–Trinajstić information content (AvgIpc) is 3.12. The fourth-order valence-corrected chi connectivity index (χ4v) is 6.34. The SMILES string of the molecule is COc1ccc(COC(=O)C(=C(C)C)N2C(=O)[C@@H](N3C(=O)c4ccccc4C3=O)[C@H]2SO[Si](C)(C)C)cc1. The highest BCUT2D eigenvalue weighted by Gasteiger charge is 2.59. The number of nitrogens with zero attached hydrogens (tertiary/aromatic N) is 2. The first kappa shape index (κ1) is 27.6. The molecule has 0 aliphatic carbocycles. The molecule has 200 valence electrons. The van der Waals surface area contributed by atoms with E-state index in [0.717, 1.165) is 22.5 Å². The van der Waals surface area contributed by atoms with Gasteiger partial charge in [0.05, 0.1) is 18.2 Å². The molecular formula is C27H30N2O7SSi. The Labute approximate surface area is 227 Å². The van der Waals surface area contributed by atoms with Crippen molar-refractivity contribution in [1.82, 2.24) is 9.80 Å². The maximum absolute atomic E-state index is 13.6. The van der Waals surface area contributed by atoms with Crippen LogP contribution in [0.25, 0.3) is 0 Å². The van der Waals surface area contributed by atoms with Crippen LogP contribution in [0.4, 0.5) is 0 Å². The molecule has 0 unspecified atom stereocenters. The van der Waals surface area contributed by atoms with Crippen LogP contribution in [0.2, 0.25) is 19.6 Å². The molecule has 0 N–H and O–H groups in total. The van der Waals surface area contributed by atoms with Crippen LogP contribution < -0.4 is 4.74 Å². The van der Waals surface area contributed by atoms with E-state index in [0.29, 0.717) is 11.3 Å². The molecule has 38 heavy (non-hydrogen) atoms. The third-order valence-corrected chi connectivity index (χ3v) is 9.00. The van der Waals surface area contributed by atoms with Crippen LogP contribution in [0, 0.1) is 0 Å². The molecule has 2 aliphatic rings. The summed E-state index contributed by atoms with van der Waals surface area (Å²) in [5, 5.41) is -0.810. The second-order valence-electron chi connectivity index (χ2n) is 10.1. The van der Waals surface area contributed by atoms with Crippen molar-refractivity contribution in [2.75, 3.05) is 7.11 Å². The molecular weight excluding hydrogens is 524 g/mol. The minimum absolute atomic E-state index is 0.00725. The standard InChI is InChI=1S/C27H30N2O7SSi/c1-16(2)21(27(33)35-15-17-11-13-18(34-3)14-12-17)29-25(32)22(26(29)37-36-38(4,5)6)28-23(30)19-9-7-8-10-20(19)24(28)31/h7-14,22,26H,15H2,1-6H3/t22-,26-/m1/s1. The van der Waals surface area contributed by atoms with Gasteiger partial charge in [0.1, 0.15) is 23.4 Å². The second-order valence-corrected chi connectivity index (χ2v) is 15.7. The Balaban J connectivity index is 1.59. The lowest BCUT2D eigenvalue weighted by atomic mass is 10.0. The van der Waals surface area contributed by atoms with Crippen molar-refractivity contribution in [2.45, 2.75) is 51.5 Å². The van der Waals surface area contributed by atoms with Gasteiger partial charge in [-0.3, -0.25) is 24.2 Å². The number of fused-ring (bicyclic) bond motifs is 1. The minimum Gasteiger partial charge on any atom is -0.497 e. The van der Waals surface area contributed by atoms with Crippen LogP contribution >= 0.6 is 12.0 Å². The molecule has 1 saturated heterocycles. The van der Waals surface area contributed by atoms with E-state index in [1.807, 2.05) is 19.6 Å². The van der Waals surface area contributed by atoms with Crippen LogP contribution in [-0.2, 0) is 24.8 Å². The maximum Gasteiger partial charge on any atom is 0.355 e. The molecule has 0 saturated carbocycles. The summed E-state index contributed by atoms with van der Waals surface area (Å²) in [6.45, 7) is 9.33. The third-order valence-electron chi connectivity index (χ3n) is 5.95. The predicted molar refractivity (Wildman–Crippen MR) is 145 cm³/mol. The third kappa shape index (κ3) is 5.26. The molecule has 0 radical (unpaired) electrons. The van der Waals surface area contributed by atoms with Crippen molar-refractivity contribution in [3.05, 3.63) is 76.5 Å². The van der Waals surface area contributed by atoms with Gasteiger partial charge >= 0.3 is 5.97 Å². The van der Waals surface area contributed by atoms with Gasteiger partial charge in [-0.1, -0.05) is 24.3 Å². The number of hydrogen-bond donors (Lipinski definition) is 0. The number of carbonyl (C=O) groups is 4. The smallest absolute Gasteiger partial charge is 0.355 e. The first-order chi connectivity index (χ1) is 17.9. The van der Waals surface area contributed by atoms with Crippen LogP contribution in [0.1, 0.15) is 40.1 Å². The summed E-state index contributed by atoms with van der Waals surface area (Å²) in [6, 6.07) is 12.4. The zero-order valence-corrected chi connectivity index (χ0v) is 24.0. The Morgan fingerprint density at radius 2 is 1.53 bits per heavy atom. The Morgan fingerprint density at radius 3 is 2.03 bits per heavy atom. The van der Waals surface area contributed by atoms with Crippen molar-refractivity contribution in [3.63, 3.8) is 0 Å². The number of allylic oxidation sites excluding steroid dienone is 1. The number of β-lactam (4-membered cyclic amide) rings is 1. The fourth-order valence-electron chi connectivity index (χ4n) is 4.16. The summed E-state index contributed by atoms with van der Waals surface area (Å²) in [7, 11) is -0.518. The predicted octanol–water partition coefficient (Wildman–Crippen LogP) is 4.37. The average molecular weight is 555 g/mol. The molecule has 1 fully saturated rings. The van der Waals surface area contributed by atoms with Gasteiger partial charge < -0.3 is 13.3 Å². The van der Waals surface area contributed by atoms with Crippen LogP contribution in [0.5, 0.6) is 5.75 Å². The lowest BCUT2D eigenvalue weighted by molar-refractivity contribution is -0.154. The van der Waals surface area contributed by atoms with Crippen molar-refractivity contribution >= 4 is 44.1 Å². The number of imide groups is 1. The zero-order valence-electron chi connectivity index (χ0n) is 22.1. The number of ether oxygens (including phenoxy) is 2. The molecule has 0 aromatic heterocycles. The van der Waals surface area contributed by atoms with E-state index in [-0.39, 0.29) is 23.4 Å². The van der Waals surface area contributed by atoms with E-state index in [1.165, 1.54) is 4.90 Å². The Morgan fingerprint density at radius 1 is 0.947 bits per heavy atom. The molecule has 11 heteroatoms. The summed E-state index contributed by atoms with van der Waals surface area (Å²) in [6.07, 6.45) is 0. The van der Waals surface area contributed by atoms with E-state index in [9.17, 15) is 19.2 Å². The van der Waals surface area contributed by atoms with Gasteiger partial charge in [0.25, 0.3) is 17.7 Å². The molecule has 2 aromatic rings. The lowest BCUT2D eigenvalue weighted by Crippen LogP contribution is -2.70. The molecule has 2 heterocycles. The Hall–Kier alpha value is -3.41. The van der Waals surface area contributed by atoms with Gasteiger partial charge in [0.15, 0.2) is 6.04 Å². The Bertz CT molecular complexity index is 1280. The van der Waals surface area contributed by atoms with Crippen LogP contribution in [-0.4, -0.2) is 60.3 Å². The number of amides is 3. The molecule has 2 atom stereocenters. The van der Waals surface area contributed by atoms with Gasteiger partial charge in [-0.25, -0.2) is 4.79 Å². The molecule has 0 bridgehead atoms. The number of methoxy groups -OCH3 is 1. The van der Waals surface area contributed by atoms with Crippen molar-refractivity contribution in [1.29, 1.82) is 0 Å². The van der Waals surface area contributed by atoms with Crippen LogP contribution in [0.15, 0.2) is 59.8 Å². The summed E-state index contributed by atoms with van der Waals surface area (Å²) in [4.78, 5) is 55.4. The van der Waals surface area contributed by atoms with Crippen molar-refractivity contribution < 1.29 is 32.5 Å². The number of esters is 1. The number of rotatable bonds is 9. The minimum atomic E-state index is -2.08. The normalized spacial score (nSPS) is 18.7. The van der Waals surface area contributed by atoms with E-state index >= 15 is 0 Å². The number of benzene rings is 2. The lowest BCUT2D eigenvalue weighted by Gasteiger charge is -2.49. The monoisotopic (exact) mass is 554 g/mol. The van der Waals surface area contributed by atoms with Crippen molar-refractivity contribution in [3.8, 4) is 5.75 Å². The summed E-state index contributed by atoms with van der Waals surface area (Å²) in [5.41, 5.74) is 1.87. The van der Waals surface area contributed by atoms with E-state index in [1.54, 1.807) is 69.5 Å². The summed E-state index contributed by atoms with van der Waals surface area (Å²) in [5.74, 6) is -1.63. The Kier molecular flexibility index (Phi) is 7.82. The van der Waals surface area contributed by atoms with Crippen molar-refractivity contribution in [2.24, 2.45) is 0 Å². The molecule has 2 aliphatic heterocycles. The van der Waals surface area contributed by atoms with E-state index in [4.69, 9.17) is 13.3 Å². The topological polar surface area (TPSA) is 102 Å². The first-order valence-corrected chi connectivity index (χ1v) is 16.3. The molecule has 2 aromatic carbocycles. The fraction of sp³-hybridized carbons (Fsp3) is 0.333. The quantitative estimate of drug-likeness (QED) is 0.113. The summed E-state index contributed by atoms with van der Waals surface area (Å²) < 4.78 is 16.7. The molecule has 9 nitrogen and oxygen atoms in total. The zero-order chi connectivity index (χ0) is 27.8. The highest BCUT2D eigenvalue weighted by atomic mass is 32.2.